The van der Waals surface area contributed by atoms with Crippen LogP contribution in [0.2, 0.25) is 0 Å². The van der Waals surface area contributed by atoms with Gasteiger partial charge in [0.05, 0.1) is 12.7 Å². The zero-order chi connectivity index (χ0) is 14.7. The standard InChI is InChI=1S/C17H28N2OS/c1-13(2)10-18-11-14-6-7-15(21-14)12-19-8-9-20-17-5-3-4-16(17)19/h6-7,13,16-18H,3-5,8-12H2,1-2H3. The summed E-state index contributed by atoms with van der Waals surface area (Å²) in [6.45, 7) is 9.74. The van der Waals surface area contributed by atoms with Gasteiger partial charge in [-0.05, 0) is 43.9 Å². The number of nitrogens with one attached hydrogen (secondary N) is 1. The maximum Gasteiger partial charge on any atom is 0.0731 e. The van der Waals surface area contributed by atoms with Crippen LogP contribution in [0.25, 0.3) is 0 Å². The van der Waals surface area contributed by atoms with Crippen molar-refractivity contribution >= 4 is 11.3 Å². The summed E-state index contributed by atoms with van der Waals surface area (Å²) in [6, 6.07) is 5.28. The lowest BCUT2D eigenvalue weighted by Gasteiger charge is -2.37. The number of rotatable bonds is 6. The normalized spacial score (nSPS) is 26.4. The first kappa shape index (κ1) is 15.5. The summed E-state index contributed by atoms with van der Waals surface area (Å²) in [5.41, 5.74) is 0. The van der Waals surface area contributed by atoms with Gasteiger partial charge in [0.1, 0.15) is 0 Å². The molecule has 4 heteroatoms. The van der Waals surface area contributed by atoms with Crippen molar-refractivity contribution in [2.24, 2.45) is 5.92 Å². The molecule has 2 unspecified atom stereocenters. The fourth-order valence-electron chi connectivity index (χ4n) is 3.49. The summed E-state index contributed by atoms with van der Waals surface area (Å²) >= 11 is 1.97. The lowest BCUT2D eigenvalue weighted by molar-refractivity contribution is -0.0584. The van der Waals surface area contributed by atoms with Crippen LogP contribution in [-0.2, 0) is 17.8 Å². The first-order valence-corrected chi connectivity index (χ1v) is 9.18. The molecule has 0 bridgehead atoms. The van der Waals surface area contributed by atoms with Gasteiger partial charge in [0, 0.05) is 35.4 Å². The van der Waals surface area contributed by atoms with E-state index in [1.807, 2.05) is 11.3 Å². The first-order valence-electron chi connectivity index (χ1n) is 8.36. The predicted molar refractivity (Wildman–Crippen MR) is 88.7 cm³/mol. The molecule has 1 aromatic heterocycles. The second-order valence-corrected chi connectivity index (χ2v) is 8.02. The zero-order valence-electron chi connectivity index (χ0n) is 13.3. The quantitative estimate of drug-likeness (QED) is 0.873. The summed E-state index contributed by atoms with van der Waals surface area (Å²) in [4.78, 5) is 5.61. The van der Waals surface area contributed by atoms with Gasteiger partial charge in [0.15, 0.2) is 0 Å². The molecule has 3 nitrogen and oxygen atoms in total. The average Bonchev–Trinajstić information content (AvgIpc) is 3.08. The van der Waals surface area contributed by atoms with Crippen LogP contribution in [0.1, 0.15) is 42.9 Å². The van der Waals surface area contributed by atoms with Gasteiger partial charge >= 0.3 is 0 Å². The number of hydrogen-bond donors (Lipinski definition) is 1. The Morgan fingerprint density at radius 1 is 1.33 bits per heavy atom. The van der Waals surface area contributed by atoms with Crippen molar-refractivity contribution < 1.29 is 4.74 Å². The Hall–Kier alpha value is -0.420. The molecule has 1 aliphatic heterocycles. The monoisotopic (exact) mass is 308 g/mol. The molecule has 1 saturated heterocycles. The Morgan fingerprint density at radius 2 is 2.19 bits per heavy atom. The highest BCUT2D eigenvalue weighted by Gasteiger charge is 2.35. The lowest BCUT2D eigenvalue weighted by atomic mass is 10.1. The SMILES string of the molecule is CC(C)CNCc1ccc(CN2CCOC3CCCC32)s1. The van der Waals surface area contributed by atoms with Crippen molar-refractivity contribution in [2.75, 3.05) is 19.7 Å². The zero-order valence-corrected chi connectivity index (χ0v) is 14.1. The smallest absolute Gasteiger partial charge is 0.0731 e. The van der Waals surface area contributed by atoms with Gasteiger partial charge in [0.2, 0.25) is 0 Å². The van der Waals surface area contributed by atoms with Gasteiger partial charge in [-0.25, -0.2) is 0 Å². The maximum absolute atomic E-state index is 5.90. The summed E-state index contributed by atoms with van der Waals surface area (Å²) in [6.07, 6.45) is 4.42. The molecule has 0 aromatic carbocycles. The fraction of sp³-hybridized carbons (Fsp3) is 0.765. The third kappa shape index (κ3) is 4.07. The minimum absolute atomic E-state index is 0.505. The van der Waals surface area contributed by atoms with Crippen LogP contribution < -0.4 is 5.32 Å². The molecule has 2 aliphatic rings. The second kappa shape index (κ2) is 7.23. The molecule has 2 atom stereocenters. The molecule has 0 spiro atoms. The summed E-state index contributed by atoms with van der Waals surface area (Å²) in [5.74, 6) is 0.720. The van der Waals surface area contributed by atoms with Crippen molar-refractivity contribution in [3.05, 3.63) is 21.9 Å². The molecule has 1 aromatic rings. The van der Waals surface area contributed by atoms with Gasteiger partial charge in [-0.3, -0.25) is 4.90 Å². The first-order chi connectivity index (χ1) is 10.2. The van der Waals surface area contributed by atoms with Crippen LogP contribution in [-0.4, -0.2) is 36.7 Å². The summed E-state index contributed by atoms with van der Waals surface area (Å²) < 4.78 is 5.90. The van der Waals surface area contributed by atoms with Gasteiger partial charge < -0.3 is 10.1 Å². The Morgan fingerprint density at radius 3 is 3.05 bits per heavy atom. The van der Waals surface area contributed by atoms with E-state index < -0.39 is 0 Å². The summed E-state index contributed by atoms with van der Waals surface area (Å²) in [5, 5.41) is 3.53. The topological polar surface area (TPSA) is 24.5 Å². The molecule has 3 rings (SSSR count). The molecule has 21 heavy (non-hydrogen) atoms. The van der Waals surface area contributed by atoms with E-state index in [2.05, 4.69) is 36.2 Å². The van der Waals surface area contributed by atoms with Crippen molar-refractivity contribution in [3.8, 4) is 0 Å². The van der Waals surface area contributed by atoms with Crippen LogP contribution in [0.4, 0.5) is 0 Å². The maximum atomic E-state index is 5.90. The number of fused-ring (bicyclic) bond motifs is 1. The van der Waals surface area contributed by atoms with E-state index in [9.17, 15) is 0 Å². The Labute approximate surface area is 132 Å². The fourth-order valence-corrected chi connectivity index (χ4v) is 4.50. The van der Waals surface area contributed by atoms with Crippen LogP contribution in [0.15, 0.2) is 12.1 Å². The van der Waals surface area contributed by atoms with Crippen molar-refractivity contribution in [1.82, 2.24) is 10.2 Å². The molecule has 2 heterocycles. The number of hydrogen-bond acceptors (Lipinski definition) is 4. The molecule has 1 saturated carbocycles. The van der Waals surface area contributed by atoms with E-state index in [0.717, 1.165) is 38.7 Å². The third-order valence-corrected chi connectivity index (χ3v) is 5.60. The third-order valence-electron chi connectivity index (χ3n) is 4.53. The highest BCUT2D eigenvalue weighted by atomic mass is 32.1. The second-order valence-electron chi connectivity index (χ2n) is 6.77. The van der Waals surface area contributed by atoms with Crippen molar-refractivity contribution in [2.45, 2.75) is 58.3 Å². The summed E-state index contributed by atoms with van der Waals surface area (Å²) in [7, 11) is 0. The minimum atomic E-state index is 0.505. The predicted octanol–water partition coefficient (Wildman–Crippen LogP) is 3.25. The molecule has 1 N–H and O–H groups in total. The van der Waals surface area contributed by atoms with Crippen molar-refractivity contribution in [1.29, 1.82) is 0 Å². The number of nitrogens with zero attached hydrogens (tertiary/aromatic N) is 1. The van der Waals surface area contributed by atoms with Gasteiger partial charge in [0.25, 0.3) is 0 Å². The van der Waals surface area contributed by atoms with Crippen LogP contribution in [0.5, 0.6) is 0 Å². The van der Waals surface area contributed by atoms with E-state index in [1.54, 1.807) is 0 Å². The molecular formula is C17H28N2OS. The average molecular weight is 308 g/mol. The number of ether oxygens (including phenoxy) is 1. The highest BCUT2D eigenvalue weighted by molar-refractivity contribution is 7.11. The van der Waals surface area contributed by atoms with Crippen molar-refractivity contribution in [3.63, 3.8) is 0 Å². The molecule has 0 radical (unpaired) electrons. The Kier molecular flexibility index (Phi) is 5.33. The molecule has 118 valence electrons. The minimum Gasteiger partial charge on any atom is -0.375 e. The Balaban J connectivity index is 1.52. The van der Waals surface area contributed by atoms with E-state index in [4.69, 9.17) is 4.74 Å². The number of morpholine rings is 1. The Bertz CT molecular complexity index is 446. The molecule has 1 aliphatic carbocycles. The van der Waals surface area contributed by atoms with Crippen LogP contribution in [0.3, 0.4) is 0 Å². The molecular weight excluding hydrogens is 280 g/mol. The van der Waals surface area contributed by atoms with E-state index >= 15 is 0 Å². The van der Waals surface area contributed by atoms with Gasteiger partial charge in [-0.15, -0.1) is 11.3 Å². The highest BCUT2D eigenvalue weighted by Crippen LogP contribution is 2.31. The molecule has 0 amide bonds. The van der Waals surface area contributed by atoms with E-state index in [-0.39, 0.29) is 0 Å². The van der Waals surface area contributed by atoms with Crippen LogP contribution in [0, 0.1) is 5.92 Å². The molecule has 2 fully saturated rings. The van der Waals surface area contributed by atoms with Crippen LogP contribution >= 0.6 is 11.3 Å². The van der Waals surface area contributed by atoms with E-state index in [1.165, 1.54) is 29.0 Å². The number of thiophene rings is 1. The van der Waals surface area contributed by atoms with E-state index in [0.29, 0.717) is 12.1 Å². The van der Waals surface area contributed by atoms with Gasteiger partial charge in [-0.1, -0.05) is 13.8 Å². The largest absolute Gasteiger partial charge is 0.375 e. The van der Waals surface area contributed by atoms with Gasteiger partial charge in [-0.2, -0.15) is 0 Å². The lowest BCUT2D eigenvalue weighted by Crippen LogP contribution is -2.47.